The largest absolute Gasteiger partial charge is 0.491 e. The van der Waals surface area contributed by atoms with E-state index in [1.54, 1.807) is 13.8 Å². The van der Waals surface area contributed by atoms with E-state index in [1.165, 1.54) is 12.9 Å². The number of allylic oxidation sites excluding steroid dienone is 1. The Morgan fingerprint density at radius 2 is 2.06 bits per heavy atom. The third-order valence-corrected chi connectivity index (χ3v) is 2.27. The van der Waals surface area contributed by atoms with Crippen molar-refractivity contribution in [2.75, 3.05) is 7.11 Å². The predicted molar refractivity (Wildman–Crippen MR) is 59.7 cm³/mol. The van der Waals surface area contributed by atoms with Gasteiger partial charge in [0.05, 0.1) is 13.2 Å². The van der Waals surface area contributed by atoms with Gasteiger partial charge in [0.15, 0.2) is 11.7 Å². The number of hydrogen-bond acceptors (Lipinski definition) is 6. The molecule has 1 aliphatic heterocycles. The molecule has 0 aromatic rings. The number of esters is 2. The quantitative estimate of drug-likeness (QED) is 0.420. The van der Waals surface area contributed by atoms with Gasteiger partial charge in [-0.15, -0.1) is 0 Å². The van der Waals surface area contributed by atoms with Crippen molar-refractivity contribution in [2.45, 2.75) is 26.9 Å². The van der Waals surface area contributed by atoms with Crippen LogP contribution in [0.5, 0.6) is 0 Å². The van der Waals surface area contributed by atoms with Crippen LogP contribution >= 0.6 is 0 Å². The maximum Gasteiger partial charge on any atom is 0.351 e. The number of hydrogen-bond donors (Lipinski definition) is 0. The molecule has 0 saturated carbocycles. The molecule has 18 heavy (non-hydrogen) atoms. The Hall–Kier alpha value is -2.07. The molecule has 6 heteroatoms. The highest BCUT2D eigenvalue weighted by molar-refractivity contribution is 6.05. The van der Waals surface area contributed by atoms with Crippen LogP contribution in [0.3, 0.4) is 0 Å². The van der Waals surface area contributed by atoms with E-state index in [9.17, 15) is 14.4 Å². The van der Waals surface area contributed by atoms with Crippen LogP contribution < -0.4 is 0 Å². The summed E-state index contributed by atoms with van der Waals surface area (Å²) >= 11 is 0. The van der Waals surface area contributed by atoms with Crippen molar-refractivity contribution >= 4 is 17.9 Å². The number of methoxy groups -OCH3 is 1. The molecule has 1 unspecified atom stereocenters. The molecule has 1 rings (SSSR count). The minimum absolute atomic E-state index is 0.106. The Balaban J connectivity index is 3.31. The molecule has 0 bridgehead atoms. The molecule has 1 aliphatic rings. The van der Waals surface area contributed by atoms with E-state index >= 15 is 0 Å². The van der Waals surface area contributed by atoms with Gasteiger partial charge in [0.2, 0.25) is 0 Å². The van der Waals surface area contributed by atoms with Gasteiger partial charge in [0.25, 0.3) is 0 Å². The molecule has 0 aromatic carbocycles. The van der Waals surface area contributed by atoms with Gasteiger partial charge < -0.3 is 14.2 Å². The molecule has 0 aliphatic carbocycles. The first-order valence-corrected chi connectivity index (χ1v) is 5.34. The van der Waals surface area contributed by atoms with Gasteiger partial charge >= 0.3 is 11.9 Å². The number of cyclic esters (lactones) is 1. The molecule has 0 spiro atoms. The fourth-order valence-electron chi connectivity index (χ4n) is 1.54. The molecular weight excluding hydrogens is 240 g/mol. The molecule has 6 nitrogen and oxygen atoms in total. The van der Waals surface area contributed by atoms with Crippen molar-refractivity contribution < 1.29 is 28.6 Å². The molecule has 0 fully saturated rings. The Morgan fingerprint density at radius 3 is 2.50 bits per heavy atom. The molecule has 1 atom stereocenters. The number of carbonyl (C=O) groups excluding carboxylic acids is 3. The van der Waals surface area contributed by atoms with E-state index < -0.39 is 23.4 Å². The van der Waals surface area contributed by atoms with Crippen LogP contribution in [-0.2, 0) is 28.6 Å². The Kier molecular flexibility index (Phi) is 4.28. The third-order valence-electron chi connectivity index (χ3n) is 2.27. The van der Waals surface area contributed by atoms with Crippen molar-refractivity contribution in [2.24, 2.45) is 5.92 Å². The van der Waals surface area contributed by atoms with Crippen LogP contribution in [0, 0.1) is 5.92 Å². The van der Waals surface area contributed by atoms with Crippen LogP contribution in [0.1, 0.15) is 20.8 Å². The van der Waals surface area contributed by atoms with Crippen molar-refractivity contribution in [3.63, 3.8) is 0 Å². The zero-order valence-corrected chi connectivity index (χ0v) is 10.6. The fourth-order valence-corrected chi connectivity index (χ4v) is 1.54. The van der Waals surface area contributed by atoms with Gasteiger partial charge in [0, 0.05) is 0 Å². The van der Waals surface area contributed by atoms with E-state index in [2.05, 4.69) is 4.74 Å². The van der Waals surface area contributed by atoms with Gasteiger partial charge in [-0.2, -0.15) is 0 Å². The van der Waals surface area contributed by atoms with Gasteiger partial charge in [-0.05, 0) is 20.8 Å². The smallest absolute Gasteiger partial charge is 0.351 e. The summed E-state index contributed by atoms with van der Waals surface area (Å²) < 4.78 is 14.8. The lowest BCUT2D eigenvalue weighted by Crippen LogP contribution is -2.33. The second-order valence-electron chi connectivity index (χ2n) is 3.95. The summed E-state index contributed by atoms with van der Waals surface area (Å²) in [6.07, 6.45) is -0.244. The van der Waals surface area contributed by atoms with Crippen LogP contribution in [0.2, 0.25) is 0 Å². The second kappa shape index (κ2) is 5.51. The van der Waals surface area contributed by atoms with Crippen molar-refractivity contribution in [3.8, 4) is 0 Å². The van der Waals surface area contributed by atoms with Crippen molar-refractivity contribution in [1.29, 1.82) is 0 Å². The summed E-state index contributed by atoms with van der Waals surface area (Å²) in [5, 5.41) is 0. The molecule has 1 heterocycles. The summed E-state index contributed by atoms with van der Waals surface area (Å²) in [6, 6.07) is 0. The first-order chi connectivity index (χ1) is 8.42. The molecular formula is C12H14O6. The minimum Gasteiger partial charge on any atom is -0.491 e. The first-order valence-electron chi connectivity index (χ1n) is 5.34. The summed E-state index contributed by atoms with van der Waals surface area (Å²) in [4.78, 5) is 33.9. The third kappa shape index (κ3) is 2.60. The fraction of sp³-hybridized carbons (Fsp3) is 0.500. The molecule has 0 saturated heterocycles. The molecule has 0 N–H and O–H groups in total. The van der Waals surface area contributed by atoms with Crippen LogP contribution in [0.25, 0.3) is 0 Å². The molecule has 0 radical (unpaired) electrons. The molecule has 0 amide bonds. The van der Waals surface area contributed by atoms with E-state index in [0.29, 0.717) is 0 Å². The van der Waals surface area contributed by atoms with Crippen molar-refractivity contribution in [1.82, 2.24) is 0 Å². The van der Waals surface area contributed by atoms with Crippen LogP contribution in [0.4, 0.5) is 0 Å². The van der Waals surface area contributed by atoms with Gasteiger partial charge in [0.1, 0.15) is 17.3 Å². The van der Waals surface area contributed by atoms with Gasteiger partial charge in [-0.1, -0.05) is 0 Å². The summed E-state index contributed by atoms with van der Waals surface area (Å²) in [5.41, 5.74) is -0.442. The standard InChI is InChI=1S/C12H14O6/c1-6(2)17-10-7(3)18-11(14)8(5-13)9(10)12(15)16-4/h6,9H,1-4H3. The zero-order valence-electron chi connectivity index (χ0n) is 10.6. The Labute approximate surface area is 104 Å². The zero-order chi connectivity index (χ0) is 13.9. The minimum atomic E-state index is -1.21. The van der Waals surface area contributed by atoms with Crippen LogP contribution in [-0.4, -0.2) is 31.1 Å². The number of ether oxygens (including phenoxy) is 3. The lowest BCUT2D eigenvalue weighted by Gasteiger charge is -2.26. The highest BCUT2D eigenvalue weighted by atomic mass is 16.6. The summed E-state index contributed by atoms with van der Waals surface area (Å²) in [5.74, 6) is -1.22. The molecule has 98 valence electrons. The maximum absolute atomic E-state index is 11.7. The predicted octanol–water partition coefficient (Wildman–Crippen LogP) is 0.747. The maximum atomic E-state index is 11.7. The lowest BCUT2D eigenvalue weighted by molar-refractivity contribution is -0.149. The molecule has 0 aromatic heterocycles. The topological polar surface area (TPSA) is 78.9 Å². The van der Waals surface area contributed by atoms with Crippen molar-refractivity contribution in [3.05, 3.63) is 17.1 Å². The Bertz CT molecular complexity index is 453. The Morgan fingerprint density at radius 1 is 1.44 bits per heavy atom. The average Bonchev–Trinajstić information content (AvgIpc) is 2.30. The number of carbonyl (C=O) groups is 2. The summed E-state index contributed by atoms with van der Waals surface area (Å²) in [6.45, 7) is 4.97. The van der Waals surface area contributed by atoms with Crippen LogP contribution in [0.15, 0.2) is 17.1 Å². The van der Waals surface area contributed by atoms with E-state index in [-0.39, 0.29) is 17.6 Å². The van der Waals surface area contributed by atoms with E-state index in [1.807, 2.05) is 0 Å². The second-order valence-corrected chi connectivity index (χ2v) is 3.95. The average molecular weight is 254 g/mol. The highest BCUT2D eigenvalue weighted by Gasteiger charge is 2.42. The monoisotopic (exact) mass is 254 g/mol. The highest BCUT2D eigenvalue weighted by Crippen LogP contribution is 2.31. The van der Waals surface area contributed by atoms with Gasteiger partial charge in [-0.3, -0.25) is 4.79 Å². The summed E-state index contributed by atoms with van der Waals surface area (Å²) in [7, 11) is 1.16. The SMILES string of the molecule is COC(=O)C1C(=C=O)C(=O)OC(C)=C1OC(C)C. The first kappa shape index (κ1) is 14.0. The van der Waals surface area contributed by atoms with Gasteiger partial charge in [-0.25, -0.2) is 9.59 Å². The lowest BCUT2D eigenvalue weighted by atomic mass is 9.95. The van der Waals surface area contributed by atoms with E-state index in [0.717, 1.165) is 7.11 Å². The van der Waals surface area contributed by atoms with E-state index in [4.69, 9.17) is 9.47 Å². The number of rotatable bonds is 3. The normalized spacial score (nSPS) is 19.5.